The first-order chi connectivity index (χ1) is 17.3. The number of hydrogen-bond donors (Lipinski definition) is 0. The summed E-state index contributed by atoms with van der Waals surface area (Å²) in [5, 5.41) is 0. The van der Waals surface area contributed by atoms with Crippen molar-refractivity contribution in [3.05, 3.63) is 91.2 Å². The molecule has 7 rings (SSSR count). The molecule has 202 valence electrons. The van der Waals surface area contributed by atoms with Crippen molar-refractivity contribution in [1.82, 2.24) is 0 Å². The van der Waals surface area contributed by atoms with E-state index >= 15 is 0 Å². The van der Waals surface area contributed by atoms with Crippen molar-refractivity contribution in [2.45, 2.75) is 105 Å². The first-order valence-corrected chi connectivity index (χ1v) is 21.6. The van der Waals surface area contributed by atoms with Crippen LogP contribution in [0.15, 0.2) is 79.0 Å². The number of hydrogen-bond acceptors (Lipinski definition) is 0. The van der Waals surface area contributed by atoms with Crippen LogP contribution in [-0.2, 0) is 23.0 Å². The molecule has 0 aromatic carbocycles. The third-order valence-corrected chi connectivity index (χ3v) is 16.6. The molecule has 2 atom stereocenters. The molecule has 0 bridgehead atoms. The zero-order chi connectivity index (χ0) is 25.6. The zero-order valence-electron chi connectivity index (χ0n) is 24.1. The van der Waals surface area contributed by atoms with Gasteiger partial charge in [-0.05, 0) is 50.4 Å². The second-order valence-corrected chi connectivity index (χ2v) is 21.6. The van der Waals surface area contributed by atoms with Gasteiger partial charge in [0.15, 0.2) is 0 Å². The fourth-order valence-corrected chi connectivity index (χ4v) is 12.8. The van der Waals surface area contributed by atoms with Crippen molar-refractivity contribution < 1.29 is 47.8 Å². The van der Waals surface area contributed by atoms with E-state index in [-0.39, 0.29) is 24.8 Å². The van der Waals surface area contributed by atoms with Gasteiger partial charge in [-0.15, -0.1) is 11.1 Å². The second kappa shape index (κ2) is 13.5. The predicted molar refractivity (Wildman–Crippen MR) is 151 cm³/mol. The quantitative estimate of drug-likeness (QED) is 0.265. The van der Waals surface area contributed by atoms with Crippen LogP contribution < -0.4 is 24.8 Å². The molecule has 1 saturated heterocycles. The van der Waals surface area contributed by atoms with E-state index in [1.165, 1.54) is 83.1 Å². The van der Waals surface area contributed by atoms with Crippen LogP contribution in [0.4, 0.5) is 0 Å². The minimum atomic E-state index is 0. The van der Waals surface area contributed by atoms with Gasteiger partial charge in [0, 0.05) is 0 Å². The Morgan fingerprint density at radius 2 is 1.05 bits per heavy atom. The SMILES string of the molecule is CC1=CC2=C(C)C3=C(CCC3)C(C)C2=[C-]1.CC1=CC2=C(C)C3=C(CCC3)C(C)C2=[C-]1.[Cl-].[Cl-].[Hf+2]=[Si]1CCCC1. The van der Waals surface area contributed by atoms with Gasteiger partial charge >= 0.3 is 53.4 Å². The van der Waals surface area contributed by atoms with Gasteiger partial charge in [-0.1, -0.05) is 63.8 Å². The fourth-order valence-electron chi connectivity index (χ4n) is 7.35. The van der Waals surface area contributed by atoms with E-state index in [9.17, 15) is 0 Å². The maximum absolute atomic E-state index is 3.53. The molecule has 0 spiro atoms. The molecule has 0 aromatic rings. The first-order valence-electron chi connectivity index (χ1n) is 14.3. The molecule has 6 aliphatic carbocycles. The number of rotatable bonds is 0. The van der Waals surface area contributed by atoms with E-state index < -0.39 is 0 Å². The van der Waals surface area contributed by atoms with Crippen molar-refractivity contribution in [3.63, 3.8) is 0 Å². The molecule has 2 unspecified atom stereocenters. The van der Waals surface area contributed by atoms with Gasteiger partial charge in [0.2, 0.25) is 0 Å². The van der Waals surface area contributed by atoms with Crippen molar-refractivity contribution in [3.8, 4) is 0 Å². The summed E-state index contributed by atoms with van der Waals surface area (Å²) in [5.41, 5.74) is 18.6. The van der Waals surface area contributed by atoms with E-state index in [2.05, 4.69) is 65.8 Å². The van der Waals surface area contributed by atoms with Crippen LogP contribution in [0.5, 0.6) is 0 Å². The fraction of sp³-hybridized carbons (Fsp3) is 0.529. The van der Waals surface area contributed by atoms with Crippen LogP contribution in [0.2, 0.25) is 12.1 Å². The summed E-state index contributed by atoms with van der Waals surface area (Å²) in [6, 6.07) is 3.30. The maximum atomic E-state index is 3.53. The second-order valence-electron chi connectivity index (χ2n) is 11.8. The number of fused-ring (bicyclic) bond motifs is 2. The van der Waals surface area contributed by atoms with Gasteiger partial charge in [0.1, 0.15) is 0 Å². The molecule has 4 heteroatoms. The van der Waals surface area contributed by atoms with Crippen molar-refractivity contribution in [1.29, 1.82) is 0 Å². The summed E-state index contributed by atoms with van der Waals surface area (Å²) in [5.74, 6) is 1.24. The Balaban J connectivity index is 0.000000167. The Morgan fingerprint density at radius 1 is 0.658 bits per heavy atom. The Morgan fingerprint density at radius 3 is 1.39 bits per heavy atom. The molecule has 0 saturated carbocycles. The van der Waals surface area contributed by atoms with Gasteiger partial charge in [-0.2, -0.15) is 45.6 Å². The molecule has 0 nitrogen and oxygen atoms in total. The van der Waals surface area contributed by atoms with E-state index in [0.717, 1.165) is 0 Å². The van der Waals surface area contributed by atoms with Crippen LogP contribution >= 0.6 is 0 Å². The van der Waals surface area contributed by atoms with Gasteiger partial charge in [0.25, 0.3) is 0 Å². The normalized spacial score (nSPS) is 26.6. The minimum absolute atomic E-state index is 0. The van der Waals surface area contributed by atoms with Crippen LogP contribution in [-0.4, -0.2) is 5.49 Å². The Hall–Kier alpha value is -0.413. The van der Waals surface area contributed by atoms with Crippen LogP contribution in [0.3, 0.4) is 0 Å². The Bertz CT molecular complexity index is 1160. The Kier molecular flexibility index (Phi) is 11.4. The molecule has 0 radical (unpaired) electrons. The Labute approximate surface area is 259 Å². The molecule has 1 fully saturated rings. The van der Waals surface area contributed by atoms with E-state index in [0.29, 0.717) is 17.3 Å². The van der Waals surface area contributed by atoms with Gasteiger partial charge in [-0.25, -0.2) is 12.2 Å². The van der Waals surface area contributed by atoms with Crippen LogP contribution in [0, 0.1) is 24.0 Å². The summed E-state index contributed by atoms with van der Waals surface area (Å²) >= 11 is 1.55. The standard InChI is InChI=1S/2C15H17.C4H8Si.2ClH.Hf/c2*1-9-7-14-10(2)12-5-4-6-13(12)11(3)15(14)8-9;1-2-4-5-3-1;;;/h2*7,11H,4-6H2,1-3H3;1-4H2;2*1H;/q2*-1;;;;+2/p-2. The molecule has 1 aliphatic heterocycles. The third kappa shape index (κ3) is 6.24. The summed E-state index contributed by atoms with van der Waals surface area (Å²) in [7, 11) is 0. The predicted octanol–water partition coefficient (Wildman–Crippen LogP) is 3.57. The average Bonchev–Trinajstić information content (AvgIpc) is 3.66. The molecule has 7 aliphatic rings. The van der Waals surface area contributed by atoms with Crippen LogP contribution in [0.25, 0.3) is 0 Å². The third-order valence-electron chi connectivity index (χ3n) is 9.32. The molecular formula is C34H42Cl2HfSi-2. The molecule has 38 heavy (non-hydrogen) atoms. The van der Waals surface area contributed by atoms with E-state index in [4.69, 9.17) is 0 Å². The molecule has 0 N–H and O–H groups in total. The van der Waals surface area contributed by atoms with Gasteiger partial charge in [0.05, 0.1) is 0 Å². The summed E-state index contributed by atoms with van der Waals surface area (Å²) in [4.78, 5) is 0. The topological polar surface area (TPSA) is 0 Å². The van der Waals surface area contributed by atoms with Gasteiger partial charge in [-0.3, -0.25) is 0 Å². The number of allylic oxidation sites excluding steroid dienone is 16. The molecule has 0 aromatic heterocycles. The number of halogens is 2. The summed E-state index contributed by atoms with van der Waals surface area (Å²) in [6.45, 7) is 13.6. The molecule has 1 heterocycles. The molecule has 0 amide bonds. The zero-order valence-corrected chi connectivity index (χ0v) is 30.2. The first kappa shape index (κ1) is 32.1. The van der Waals surface area contributed by atoms with Crippen molar-refractivity contribution in [2.75, 3.05) is 0 Å². The van der Waals surface area contributed by atoms with Crippen molar-refractivity contribution in [2.24, 2.45) is 11.8 Å². The van der Waals surface area contributed by atoms with Gasteiger partial charge < -0.3 is 24.8 Å². The van der Waals surface area contributed by atoms with E-state index in [1.54, 1.807) is 70.2 Å². The van der Waals surface area contributed by atoms with E-state index in [1.807, 2.05) is 0 Å². The van der Waals surface area contributed by atoms with Crippen LogP contribution in [0.1, 0.15) is 92.9 Å². The summed E-state index contributed by atoms with van der Waals surface area (Å²) in [6.07, 6.45) is 22.8. The molecular weight excluding hydrogens is 686 g/mol. The monoisotopic (exact) mass is 728 g/mol. The van der Waals surface area contributed by atoms with Crippen molar-refractivity contribution >= 4 is 5.49 Å². The summed E-state index contributed by atoms with van der Waals surface area (Å²) < 4.78 is 0. The average molecular weight is 728 g/mol.